The minimum atomic E-state index is -3.66. The van der Waals surface area contributed by atoms with Crippen LogP contribution >= 0.6 is 0 Å². The summed E-state index contributed by atoms with van der Waals surface area (Å²) in [5, 5.41) is 0. The third-order valence-electron chi connectivity index (χ3n) is 4.06. The highest BCUT2D eigenvalue weighted by atomic mass is 32.2. The van der Waals surface area contributed by atoms with Crippen LogP contribution in [0, 0.1) is 5.82 Å². The van der Waals surface area contributed by atoms with Crippen molar-refractivity contribution in [1.82, 2.24) is 9.21 Å². The van der Waals surface area contributed by atoms with E-state index in [2.05, 4.69) is 0 Å². The van der Waals surface area contributed by atoms with Gasteiger partial charge in [-0.05, 0) is 24.6 Å². The van der Waals surface area contributed by atoms with E-state index in [4.69, 9.17) is 0 Å². The number of benzene rings is 1. The molecule has 0 N–H and O–H groups in total. The number of hydrogen-bond acceptors (Lipinski definition) is 4. The van der Waals surface area contributed by atoms with Crippen molar-refractivity contribution in [3.63, 3.8) is 0 Å². The van der Waals surface area contributed by atoms with Crippen LogP contribution in [-0.2, 0) is 19.6 Å². The molecular formula is C15H19FN2O4S. The van der Waals surface area contributed by atoms with Gasteiger partial charge in [-0.1, -0.05) is 12.1 Å². The average molecular weight is 342 g/mol. The summed E-state index contributed by atoms with van der Waals surface area (Å²) in [4.78, 5) is 24.0. The Balaban J connectivity index is 2.04. The van der Waals surface area contributed by atoms with Crippen LogP contribution in [0.25, 0.3) is 0 Å². The van der Waals surface area contributed by atoms with Crippen molar-refractivity contribution in [2.45, 2.75) is 25.8 Å². The molecule has 1 aromatic rings. The molecule has 1 atom stereocenters. The number of likely N-dealkylation sites (tertiary alicyclic amines) is 1. The van der Waals surface area contributed by atoms with Crippen molar-refractivity contribution >= 4 is 21.8 Å². The second-order valence-electron chi connectivity index (χ2n) is 5.50. The van der Waals surface area contributed by atoms with Crippen LogP contribution in [-0.4, -0.2) is 48.8 Å². The fourth-order valence-corrected chi connectivity index (χ4v) is 3.72. The van der Waals surface area contributed by atoms with Crippen molar-refractivity contribution < 1.29 is 22.4 Å². The number of amides is 2. The van der Waals surface area contributed by atoms with E-state index in [-0.39, 0.29) is 37.0 Å². The van der Waals surface area contributed by atoms with E-state index in [1.807, 2.05) is 0 Å². The molecule has 1 fully saturated rings. The molecule has 2 rings (SSSR count). The van der Waals surface area contributed by atoms with Crippen LogP contribution < -0.4 is 0 Å². The second-order valence-corrected chi connectivity index (χ2v) is 7.65. The normalized spacial score (nSPS) is 17.1. The van der Waals surface area contributed by atoms with Crippen LogP contribution in [0.5, 0.6) is 0 Å². The summed E-state index contributed by atoms with van der Waals surface area (Å²) in [7, 11) is -2.23. The van der Waals surface area contributed by atoms with Gasteiger partial charge in [-0.2, -0.15) is 4.31 Å². The van der Waals surface area contributed by atoms with Gasteiger partial charge >= 0.3 is 0 Å². The Bertz CT molecular complexity index is 687. The maximum Gasteiger partial charge on any atom is 0.229 e. The first kappa shape index (κ1) is 17.6. The maximum atomic E-state index is 13.0. The molecule has 8 heteroatoms. The third kappa shape index (κ3) is 3.94. The topological polar surface area (TPSA) is 74.8 Å². The van der Waals surface area contributed by atoms with Crippen LogP contribution in [0.3, 0.4) is 0 Å². The first-order chi connectivity index (χ1) is 10.7. The van der Waals surface area contributed by atoms with Crippen LogP contribution in [0.4, 0.5) is 4.39 Å². The van der Waals surface area contributed by atoms with Gasteiger partial charge in [0.25, 0.3) is 0 Å². The van der Waals surface area contributed by atoms with Gasteiger partial charge in [-0.3, -0.25) is 14.5 Å². The predicted molar refractivity (Wildman–Crippen MR) is 82.3 cm³/mol. The zero-order valence-corrected chi connectivity index (χ0v) is 13.8. The Morgan fingerprint density at radius 3 is 2.22 bits per heavy atom. The van der Waals surface area contributed by atoms with E-state index in [0.29, 0.717) is 5.56 Å². The average Bonchev–Trinajstić information content (AvgIpc) is 2.83. The van der Waals surface area contributed by atoms with Gasteiger partial charge in [0.2, 0.25) is 21.8 Å². The zero-order valence-electron chi connectivity index (χ0n) is 13.0. The first-order valence-electron chi connectivity index (χ1n) is 7.27. The van der Waals surface area contributed by atoms with Crippen molar-refractivity contribution in [3.05, 3.63) is 35.6 Å². The summed E-state index contributed by atoms with van der Waals surface area (Å²) >= 11 is 0. The second kappa shape index (κ2) is 6.76. The van der Waals surface area contributed by atoms with Crippen LogP contribution in [0.1, 0.15) is 31.4 Å². The Hall–Kier alpha value is -1.80. The number of carbonyl (C=O) groups excluding carboxylic acids is 2. The highest BCUT2D eigenvalue weighted by Crippen LogP contribution is 2.22. The lowest BCUT2D eigenvalue weighted by Crippen LogP contribution is -2.38. The Morgan fingerprint density at radius 2 is 1.70 bits per heavy atom. The number of rotatable bonds is 6. The lowest BCUT2D eigenvalue weighted by molar-refractivity contribution is -0.137. The first-order valence-corrected chi connectivity index (χ1v) is 8.87. The van der Waals surface area contributed by atoms with Crippen LogP contribution in [0.15, 0.2) is 24.3 Å². The van der Waals surface area contributed by atoms with E-state index in [0.717, 1.165) is 4.90 Å². The van der Waals surface area contributed by atoms with Crippen molar-refractivity contribution in [1.29, 1.82) is 0 Å². The molecule has 0 radical (unpaired) electrons. The number of carbonyl (C=O) groups is 2. The standard InChI is InChI=1S/C15H19FN2O4S/c1-11(12-3-5-13(16)6-4-12)17(2)23(21,22)10-9-18-14(19)7-8-15(18)20/h3-6,11H,7-10H2,1-2H3/t11-/m0/s1. The quantitative estimate of drug-likeness (QED) is 0.730. The monoisotopic (exact) mass is 342 g/mol. The molecule has 0 unspecified atom stereocenters. The van der Waals surface area contributed by atoms with E-state index < -0.39 is 21.9 Å². The molecule has 6 nitrogen and oxygen atoms in total. The van der Waals surface area contributed by atoms with Crippen molar-refractivity contribution in [2.75, 3.05) is 19.3 Å². The molecule has 0 spiro atoms. The fraction of sp³-hybridized carbons (Fsp3) is 0.467. The molecule has 23 heavy (non-hydrogen) atoms. The lowest BCUT2D eigenvalue weighted by Gasteiger charge is -2.25. The summed E-state index contributed by atoms with van der Waals surface area (Å²) in [5.41, 5.74) is 0.658. The number of sulfonamides is 1. The number of halogens is 1. The molecule has 1 aliphatic heterocycles. The molecule has 0 aliphatic carbocycles. The molecule has 2 amide bonds. The molecular weight excluding hydrogens is 323 g/mol. The van der Waals surface area contributed by atoms with Gasteiger partial charge in [-0.15, -0.1) is 0 Å². The zero-order chi connectivity index (χ0) is 17.2. The molecule has 126 valence electrons. The number of nitrogens with zero attached hydrogens (tertiary/aromatic N) is 2. The Labute approximate surface area is 134 Å². The minimum absolute atomic E-state index is 0.138. The van der Waals surface area contributed by atoms with E-state index in [1.165, 1.54) is 35.6 Å². The summed E-state index contributed by atoms with van der Waals surface area (Å²) in [5.74, 6) is -1.39. The van der Waals surface area contributed by atoms with E-state index in [9.17, 15) is 22.4 Å². The lowest BCUT2D eigenvalue weighted by atomic mass is 10.1. The molecule has 0 saturated carbocycles. The molecule has 0 aromatic heterocycles. The predicted octanol–water partition coefficient (Wildman–Crippen LogP) is 1.30. The third-order valence-corrected chi connectivity index (χ3v) is 5.96. The van der Waals surface area contributed by atoms with Gasteiger partial charge in [0.05, 0.1) is 5.75 Å². The number of hydrogen-bond donors (Lipinski definition) is 0. The summed E-state index contributed by atoms with van der Waals surface area (Å²) < 4.78 is 38.9. The molecule has 1 aliphatic rings. The Kier molecular flexibility index (Phi) is 5.16. The smallest absolute Gasteiger partial charge is 0.229 e. The molecule has 1 aromatic carbocycles. The van der Waals surface area contributed by atoms with Gasteiger partial charge < -0.3 is 0 Å². The Morgan fingerprint density at radius 1 is 1.17 bits per heavy atom. The highest BCUT2D eigenvalue weighted by Gasteiger charge is 2.31. The molecule has 1 heterocycles. The van der Waals surface area contributed by atoms with Gasteiger partial charge in [0.15, 0.2) is 0 Å². The van der Waals surface area contributed by atoms with Gasteiger partial charge in [0.1, 0.15) is 5.82 Å². The number of imide groups is 1. The minimum Gasteiger partial charge on any atom is -0.282 e. The summed E-state index contributed by atoms with van der Waals surface area (Å²) in [6.07, 6.45) is 0.279. The largest absolute Gasteiger partial charge is 0.282 e. The van der Waals surface area contributed by atoms with Crippen molar-refractivity contribution in [2.24, 2.45) is 0 Å². The van der Waals surface area contributed by atoms with Crippen molar-refractivity contribution in [3.8, 4) is 0 Å². The highest BCUT2D eigenvalue weighted by molar-refractivity contribution is 7.89. The molecule has 1 saturated heterocycles. The molecule has 0 bridgehead atoms. The SMILES string of the molecule is C[C@@H](c1ccc(F)cc1)N(C)S(=O)(=O)CCN1C(=O)CCC1=O. The van der Waals surface area contributed by atoms with E-state index in [1.54, 1.807) is 6.92 Å². The van der Waals surface area contributed by atoms with E-state index >= 15 is 0 Å². The summed E-state index contributed by atoms with van der Waals surface area (Å²) in [6.45, 7) is 1.55. The van der Waals surface area contributed by atoms with Gasteiger partial charge in [0, 0.05) is 32.5 Å². The fourth-order valence-electron chi connectivity index (χ4n) is 2.42. The van der Waals surface area contributed by atoms with Gasteiger partial charge in [-0.25, -0.2) is 12.8 Å². The van der Waals surface area contributed by atoms with Crippen LogP contribution in [0.2, 0.25) is 0 Å². The maximum absolute atomic E-state index is 13.0. The summed E-state index contributed by atoms with van der Waals surface area (Å²) in [6, 6.07) is 5.12.